The first-order valence-electron chi connectivity index (χ1n) is 6.48. The van der Waals surface area contributed by atoms with Crippen LogP contribution in [0.5, 0.6) is 0 Å². The minimum Gasteiger partial charge on any atom is -0.468 e. The van der Waals surface area contributed by atoms with Gasteiger partial charge in [0.15, 0.2) is 0 Å². The number of hydrogen-bond donors (Lipinski definition) is 1. The molecule has 0 aliphatic heterocycles. The van der Waals surface area contributed by atoms with Gasteiger partial charge in [0, 0.05) is 12.6 Å². The van der Waals surface area contributed by atoms with Crippen LogP contribution in [0.15, 0.2) is 0 Å². The van der Waals surface area contributed by atoms with Crippen molar-refractivity contribution in [2.45, 2.75) is 52.6 Å². The van der Waals surface area contributed by atoms with Crippen LogP contribution in [0.25, 0.3) is 0 Å². The summed E-state index contributed by atoms with van der Waals surface area (Å²) in [6, 6.07) is 0.249. The number of nitrogens with one attached hydrogen (secondary N) is 1. The molecule has 0 aromatic rings. The van der Waals surface area contributed by atoms with Crippen molar-refractivity contribution in [3.8, 4) is 0 Å². The number of nitrogens with zero attached hydrogens (tertiary/aromatic N) is 1. The molecule has 0 amide bonds. The van der Waals surface area contributed by atoms with Gasteiger partial charge in [-0.25, -0.2) is 0 Å². The van der Waals surface area contributed by atoms with Gasteiger partial charge in [-0.1, -0.05) is 13.8 Å². The molecule has 0 bridgehead atoms. The van der Waals surface area contributed by atoms with E-state index in [-0.39, 0.29) is 12.0 Å². The van der Waals surface area contributed by atoms with Crippen molar-refractivity contribution < 1.29 is 9.53 Å². The molecule has 1 atom stereocenters. The van der Waals surface area contributed by atoms with Crippen LogP contribution >= 0.6 is 0 Å². The minimum atomic E-state index is -0.631. The van der Waals surface area contributed by atoms with Gasteiger partial charge in [0.1, 0.15) is 5.54 Å². The first kappa shape index (κ1) is 16.4. The Morgan fingerprint density at radius 2 is 2.00 bits per heavy atom. The summed E-state index contributed by atoms with van der Waals surface area (Å²) in [5, 5.41) is 3.31. The van der Waals surface area contributed by atoms with Gasteiger partial charge in [0.05, 0.1) is 7.11 Å². The number of methoxy groups -OCH3 is 1. The summed E-state index contributed by atoms with van der Waals surface area (Å²) in [6.07, 6.45) is 1.09. The van der Waals surface area contributed by atoms with E-state index in [0.29, 0.717) is 6.54 Å². The predicted molar refractivity (Wildman–Crippen MR) is 71.1 cm³/mol. The van der Waals surface area contributed by atoms with Gasteiger partial charge in [0.2, 0.25) is 0 Å². The first-order valence-corrected chi connectivity index (χ1v) is 6.48. The monoisotopic (exact) mass is 244 g/mol. The number of carbonyl (C=O) groups excluding carboxylic acids is 1. The normalized spacial score (nSPS) is 15.1. The zero-order valence-electron chi connectivity index (χ0n) is 12.2. The Balaban J connectivity index is 4.72. The molecule has 0 heterocycles. The lowest BCUT2D eigenvalue weighted by atomic mass is 10.00. The number of likely N-dealkylation sites (N-methyl/N-ethyl adjacent to an activating group) is 1. The summed E-state index contributed by atoms with van der Waals surface area (Å²) in [5.74, 6) is -0.194. The maximum absolute atomic E-state index is 11.9. The summed E-state index contributed by atoms with van der Waals surface area (Å²) in [7, 11) is 1.44. The fourth-order valence-corrected chi connectivity index (χ4v) is 2.14. The average Bonchev–Trinajstić information content (AvgIpc) is 2.26. The van der Waals surface area contributed by atoms with E-state index in [4.69, 9.17) is 4.74 Å². The number of ether oxygens (including phenoxy) is 1. The summed E-state index contributed by atoms with van der Waals surface area (Å²) in [6.45, 7) is 12.9. The quantitative estimate of drug-likeness (QED) is 0.659. The van der Waals surface area contributed by atoms with Gasteiger partial charge in [-0.05, 0) is 40.3 Å². The van der Waals surface area contributed by atoms with Crippen molar-refractivity contribution in [1.82, 2.24) is 10.2 Å². The maximum Gasteiger partial charge on any atom is 0.327 e. The van der Waals surface area contributed by atoms with Crippen molar-refractivity contribution in [1.29, 1.82) is 0 Å². The lowest BCUT2D eigenvalue weighted by Crippen LogP contribution is -2.59. The number of hydrogen-bond acceptors (Lipinski definition) is 4. The molecule has 0 radical (unpaired) electrons. The number of rotatable bonds is 8. The van der Waals surface area contributed by atoms with Gasteiger partial charge in [0.25, 0.3) is 0 Å². The highest BCUT2D eigenvalue weighted by Gasteiger charge is 2.36. The molecule has 4 nitrogen and oxygen atoms in total. The Morgan fingerprint density at radius 3 is 2.35 bits per heavy atom. The number of esters is 1. The molecule has 1 N–H and O–H groups in total. The first-order chi connectivity index (χ1) is 7.89. The summed E-state index contributed by atoms with van der Waals surface area (Å²) >= 11 is 0. The average molecular weight is 244 g/mol. The molecule has 1 unspecified atom stereocenters. The Hall–Kier alpha value is -0.610. The summed E-state index contributed by atoms with van der Waals surface area (Å²) < 4.78 is 4.91. The second-order valence-electron chi connectivity index (χ2n) is 4.99. The Labute approximate surface area is 106 Å². The maximum atomic E-state index is 11.9. The molecule has 0 aliphatic rings. The topological polar surface area (TPSA) is 41.6 Å². The lowest BCUT2D eigenvalue weighted by Gasteiger charge is -2.35. The molecule has 102 valence electrons. The molecule has 0 rings (SSSR count). The third kappa shape index (κ3) is 5.50. The van der Waals surface area contributed by atoms with E-state index >= 15 is 0 Å². The summed E-state index contributed by atoms with van der Waals surface area (Å²) in [4.78, 5) is 14.2. The van der Waals surface area contributed by atoms with Gasteiger partial charge >= 0.3 is 5.97 Å². The number of carbonyl (C=O) groups is 1. The van der Waals surface area contributed by atoms with Crippen LogP contribution in [0.2, 0.25) is 0 Å². The van der Waals surface area contributed by atoms with Crippen molar-refractivity contribution in [2.24, 2.45) is 0 Å². The van der Waals surface area contributed by atoms with E-state index in [1.54, 1.807) is 0 Å². The fraction of sp³-hybridized carbons (Fsp3) is 0.923. The second-order valence-corrected chi connectivity index (χ2v) is 4.99. The van der Waals surface area contributed by atoms with Crippen molar-refractivity contribution >= 4 is 5.97 Å². The fourth-order valence-electron chi connectivity index (χ4n) is 2.14. The second kappa shape index (κ2) is 7.67. The van der Waals surface area contributed by atoms with E-state index in [2.05, 4.69) is 24.1 Å². The molecule has 0 spiro atoms. The van der Waals surface area contributed by atoms with Crippen LogP contribution in [-0.4, -0.2) is 49.2 Å². The lowest BCUT2D eigenvalue weighted by molar-refractivity contribution is -0.149. The predicted octanol–water partition coefficient (Wildman–Crippen LogP) is 1.65. The van der Waals surface area contributed by atoms with E-state index in [1.807, 2.05) is 20.8 Å². The molecule has 0 aliphatic carbocycles. The van der Waals surface area contributed by atoms with E-state index < -0.39 is 5.54 Å². The molecule has 0 saturated heterocycles. The highest BCUT2D eigenvalue weighted by molar-refractivity contribution is 5.80. The van der Waals surface area contributed by atoms with Crippen LogP contribution in [0.4, 0.5) is 0 Å². The third-order valence-corrected chi connectivity index (χ3v) is 2.77. The molecular formula is C13H28N2O2. The highest BCUT2D eigenvalue weighted by atomic mass is 16.5. The Morgan fingerprint density at radius 1 is 1.41 bits per heavy atom. The Bertz CT molecular complexity index is 231. The molecule has 0 aromatic heterocycles. The zero-order chi connectivity index (χ0) is 13.5. The molecule has 0 saturated carbocycles. The molecule has 0 aromatic carbocycles. The van der Waals surface area contributed by atoms with Gasteiger partial charge in [-0.2, -0.15) is 0 Å². The summed E-state index contributed by atoms with van der Waals surface area (Å²) in [5.41, 5.74) is -0.631. The van der Waals surface area contributed by atoms with Crippen molar-refractivity contribution in [2.75, 3.05) is 26.7 Å². The smallest absolute Gasteiger partial charge is 0.327 e. The Kier molecular flexibility index (Phi) is 7.39. The highest BCUT2D eigenvalue weighted by Crippen LogP contribution is 2.11. The van der Waals surface area contributed by atoms with Crippen molar-refractivity contribution in [3.63, 3.8) is 0 Å². The van der Waals surface area contributed by atoms with Crippen LogP contribution < -0.4 is 5.32 Å². The van der Waals surface area contributed by atoms with Crippen LogP contribution in [0, 0.1) is 0 Å². The molecule has 0 fully saturated rings. The third-order valence-electron chi connectivity index (χ3n) is 2.77. The van der Waals surface area contributed by atoms with Crippen LogP contribution in [0.1, 0.15) is 41.0 Å². The van der Waals surface area contributed by atoms with E-state index in [0.717, 1.165) is 19.5 Å². The molecule has 17 heavy (non-hydrogen) atoms. The van der Waals surface area contributed by atoms with Crippen LogP contribution in [0.3, 0.4) is 0 Å². The van der Waals surface area contributed by atoms with Gasteiger partial charge in [-0.15, -0.1) is 0 Å². The molecule has 4 heteroatoms. The SMILES string of the molecule is CCCN(CC)CC(C)(NC(C)C)C(=O)OC. The van der Waals surface area contributed by atoms with Gasteiger partial charge < -0.3 is 9.64 Å². The zero-order valence-corrected chi connectivity index (χ0v) is 12.2. The van der Waals surface area contributed by atoms with Gasteiger partial charge in [-0.3, -0.25) is 10.1 Å². The molecular weight excluding hydrogens is 216 g/mol. The van der Waals surface area contributed by atoms with E-state index in [1.165, 1.54) is 7.11 Å². The standard InChI is InChI=1S/C13H28N2O2/c1-7-9-15(8-2)10-13(5,12(16)17-6)14-11(3)4/h11,14H,7-10H2,1-6H3. The van der Waals surface area contributed by atoms with E-state index in [9.17, 15) is 4.79 Å². The van der Waals surface area contributed by atoms with Crippen molar-refractivity contribution in [3.05, 3.63) is 0 Å². The van der Waals surface area contributed by atoms with Crippen LogP contribution in [-0.2, 0) is 9.53 Å². The minimum absolute atomic E-state index is 0.194. The largest absolute Gasteiger partial charge is 0.468 e.